The van der Waals surface area contributed by atoms with Crippen LogP contribution in [-0.2, 0) is 0 Å². The van der Waals surface area contributed by atoms with Crippen LogP contribution in [0, 0.1) is 0 Å². The van der Waals surface area contributed by atoms with Crippen LogP contribution in [0.5, 0.6) is 0 Å². The lowest BCUT2D eigenvalue weighted by Gasteiger charge is -1.97. The zero-order chi connectivity index (χ0) is 10.5. The lowest BCUT2D eigenvalue weighted by molar-refractivity contribution is 0.571. The predicted octanol–water partition coefficient (Wildman–Crippen LogP) is 3.12. The minimum absolute atomic E-state index is 0.659. The van der Waals surface area contributed by atoms with E-state index in [4.69, 9.17) is 8.83 Å². The molecule has 16 heavy (non-hydrogen) atoms. The summed E-state index contributed by atoms with van der Waals surface area (Å²) in [6, 6.07) is 7.97. The zero-order valence-electron chi connectivity index (χ0n) is 8.18. The van der Waals surface area contributed by atoms with Crippen LogP contribution in [0.2, 0.25) is 0 Å². The molecule has 4 nitrogen and oxygen atoms in total. The van der Waals surface area contributed by atoms with Crippen LogP contribution in [-0.4, -0.2) is 9.97 Å². The van der Waals surface area contributed by atoms with Gasteiger partial charge in [0, 0.05) is 10.8 Å². The van der Waals surface area contributed by atoms with Gasteiger partial charge in [-0.2, -0.15) is 0 Å². The topological polar surface area (TPSA) is 52.1 Å². The summed E-state index contributed by atoms with van der Waals surface area (Å²) < 4.78 is 10.7. The first-order valence-electron chi connectivity index (χ1n) is 4.92. The summed E-state index contributed by atoms with van der Waals surface area (Å²) >= 11 is 0. The van der Waals surface area contributed by atoms with Crippen molar-refractivity contribution in [2.24, 2.45) is 0 Å². The predicted molar refractivity (Wildman–Crippen MR) is 59.1 cm³/mol. The second-order valence-corrected chi connectivity index (χ2v) is 3.61. The molecule has 0 saturated carbocycles. The van der Waals surface area contributed by atoms with Crippen LogP contribution in [0.25, 0.3) is 33.0 Å². The van der Waals surface area contributed by atoms with Crippen LogP contribution in [0.3, 0.4) is 0 Å². The van der Waals surface area contributed by atoms with Gasteiger partial charge in [-0.05, 0) is 0 Å². The Hall–Kier alpha value is -2.36. The number of oxazole rings is 2. The van der Waals surface area contributed by atoms with E-state index in [9.17, 15) is 0 Å². The van der Waals surface area contributed by atoms with E-state index in [0.717, 1.165) is 21.8 Å². The third-order valence-electron chi connectivity index (χ3n) is 2.78. The van der Waals surface area contributed by atoms with Gasteiger partial charge in [0.15, 0.2) is 24.0 Å². The number of hydrogen-bond acceptors (Lipinski definition) is 4. The van der Waals surface area contributed by atoms with Gasteiger partial charge in [0.25, 0.3) is 0 Å². The normalized spacial score (nSPS) is 11.8. The molecule has 0 unspecified atom stereocenters. The Bertz CT molecular complexity index is 744. The lowest BCUT2D eigenvalue weighted by Crippen LogP contribution is -1.78. The molecule has 0 spiro atoms. The average molecular weight is 210 g/mol. The van der Waals surface area contributed by atoms with Gasteiger partial charge in [0.1, 0.15) is 11.0 Å². The molecular formula is C12H6N2O2. The molecule has 0 atom stereocenters. The second-order valence-electron chi connectivity index (χ2n) is 3.61. The highest BCUT2D eigenvalue weighted by Gasteiger charge is 2.14. The smallest absolute Gasteiger partial charge is 0.199 e. The molecule has 0 amide bonds. The highest BCUT2D eigenvalue weighted by atomic mass is 16.4. The summed E-state index contributed by atoms with van der Waals surface area (Å²) in [6.45, 7) is 0. The summed E-state index contributed by atoms with van der Waals surface area (Å²) in [7, 11) is 0. The monoisotopic (exact) mass is 210 g/mol. The average Bonchev–Trinajstić information content (AvgIpc) is 2.98. The van der Waals surface area contributed by atoms with Gasteiger partial charge < -0.3 is 8.83 Å². The van der Waals surface area contributed by atoms with Crippen molar-refractivity contribution >= 4 is 33.0 Å². The highest BCUT2D eigenvalue weighted by Crippen LogP contribution is 2.33. The second kappa shape index (κ2) is 2.61. The van der Waals surface area contributed by atoms with E-state index in [1.165, 1.54) is 12.8 Å². The maximum absolute atomic E-state index is 5.35. The molecule has 0 aliphatic carbocycles. The number of rotatable bonds is 0. The number of nitrogens with zero attached hydrogens (tertiary/aromatic N) is 2. The summed E-state index contributed by atoms with van der Waals surface area (Å²) in [6.07, 6.45) is 2.86. The van der Waals surface area contributed by atoms with E-state index in [1.54, 1.807) is 0 Å². The molecule has 0 N–H and O–H groups in total. The van der Waals surface area contributed by atoms with Crippen molar-refractivity contribution in [1.29, 1.82) is 0 Å². The summed E-state index contributed by atoms with van der Waals surface area (Å²) in [5.41, 5.74) is 2.96. The van der Waals surface area contributed by atoms with Crippen molar-refractivity contribution in [2.75, 3.05) is 0 Å². The first-order chi connectivity index (χ1) is 7.95. The Labute approximate surface area is 89.5 Å². The molecule has 0 aliphatic rings. The summed E-state index contributed by atoms with van der Waals surface area (Å²) in [5, 5.41) is 2.07. The van der Waals surface area contributed by atoms with Gasteiger partial charge >= 0.3 is 0 Å². The zero-order valence-corrected chi connectivity index (χ0v) is 8.18. The first kappa shape index (κ1) is 7.87. The fourth-order valence-electron chi connectivity index (χ4n) is 2.09. The van der Waals surface area contributed by atoms with Crippen LogP contribution in [0.4, 0.5) is 0 Å². The molecule has 76 valence electrons. The van der Waals surface area contributed by atoms with E-state index < -0.39 is 0 Å². The SMILES string of the molecule is c1ccc2c(c1)c1ncoc1c1ocnc21. The molecule has 2 aromatic carbocycles. The Morgan fingerprint density at radius 2 is 1.25 bits per heavy atom. The number of hydrogen-bond donors (Lipinski definition) is 0. The summed E-state index contributed by atoms with van der Waals surface area (Å²) in [4.78, 5) is 8.44. The van der Waals surface area contributed by atoms with Gasteiger partial charge in [-0.15, -0.1) is 0 Å². The molecule has 4 heteroatoms. The van der Waals surface area contributed by atoms with Crippen LogP contribution in [0.1, 0.15) is 0 Å². The quantitative estimate of drug-likeness (QED) is 0.447. The third-order valence-corrected chi connectivity index (χ3v) is 2.78. The molecule has 0 fully saturated rings. The molecule has 2 aromatic heterocycles. The Morgan fingerprint density at radius 1 is 0.750 bits per heavy atom. The minimum atomic E-state index is 0.659. The van der Waals surface area contributed by atoms with E-state index in [2.05, 4.69) is 9.97 Å². The standard InChI is InChI=1S/C12H6N2O2/c1-2-4-8-7(3-1)9-11(15-5-13-9)12-10(8)14-6-16-12/h1-6H. The van der Waals surface area contributed by atoms with E-state index in [0.29, 0.717) is 11.2 Å². The maximum Gasteiger partial charge on any atom is 0.199 e. The molecule has 4 aromatic rings. The molecule has 0 radical (unpaired) electrons. The van der Waals surface area contributed by atoms with Gasteiger partial charge in [-0.3, -0.25) is 0 Å². The van der Waals surface area contributed by atoms with Gasteiger partial charge in [0.05, 0.1) is 0 Å². The fraction of sp³-hybridized carbons (Fsp3) is 0. The lowest BCUT2D eigenvalue weighted by atomic mass is 10.1. The largest absolute Gasteiger partial charge is 0.439 e. The first-order valence-corrected chi connectivity index (χ1v) is 4.92. The van der Waals surface area contributed by atoms with Crippen molar-refractivity contribution in [3.63, 3.8) is 0 Å². The number of aromatic nitrogens is 2. The third kappa shape index (κ3) is 0.798. The van der Waals surface area contributed by atoms with Crippen molar-refractivity contribution < 1.29 is 8.83 Å². The Morgan fingerprint density at radius 3 is 1.75 bits per heavy atom. The van der Waals surface area contributed by atoms with Crippen LogP contribution < -0.4 is 0 Å². The van der Waals surface area contributed by atoms with Crippen molar-refractivity contribution in [2.45, 2.75) is 0 Å². The molecule has 2 heterocycles. The Balaban J connectivity index is 2.51. The maximum atomic E-state index is 5.35. The van der Waals surface area contributed by atoms with Crippen LogP contribution in [0.15, 0.2) is 45.9 Å². The fourth-order valence-corrected chi connectivity index (χ4v) is 2.09. The summed E-state index contributed by atoms with van der Waals surface area (Å²) in [5.74, 6) is 0. The molecule has 0 aliphatic heterocycles. The van der Waals surface area contributed by atoms with Gasteiger partial charge in [-0.25, -0.2) is 9.97 Å². The van der Waals surface area contributed by atoms with Gasteiger partial charge in [0.2, 0.25) is 0 Å². The number of benzene rings is 2. The van der Waals surface area contributed by atoms with Crippen molar-refractivity contribution in [3.05, 3.63) is 37.1 Å². The molecular weight excluding hydrogens is 204 g/mol. The number of fused-ring (bicyclic) bond motifs is 6. The molecule has 4 rings (SSSR count). The van der Waals surface area contributed by atoms with E-state index in [-0.39, 0.29) is 0 Å². The highest BCUT2D eigenvalue weighted by molar-refractivity contribution is 6.19. The Kier molecular flexibility index (Phi) is 1.28. The van der Waals surface area contributed by atoms with E-state index >= 15 is 0 Å². The molecule has 0 saturated heterocycles. The van der Waals surface area contributed by atoms with Crippen LogP contribution >= 0.6 is 0 Å². The van der Waals surface area contributed by atoms with Gasteiger partial charge in [-0.1, -0.05) is 24.3 Å². The molecule has 0 bridgehead atoms. The minimum Gasteiger partial charge on any atom is -0.439 e. The van der Waals surface area contributed by atoms with Crippen molar-refractivity contribution in [3.8, 4) is 0 Å². The van der Waals surface area contributed by atoms with Crippen molar-refractivity contribution in [1.82, 2.24) is 9.97 Å². The van der Waals surface area contributed by atoms with E-state index in [1.807, 2.05) is 24.3 Å².